The van der Waals surface area contributed by atoms with Gasteiger partial charge in [0.25, 0.3) is 0 Å². The predicted octanol–water partition coefficient (Wildman–Crippen LogP) is 1.29. The van der Waals surface area contributed by atoms with Gasteiger partial charge in [0.2, 0.25) is 5.91 Å². The minimum Gasteiger partial charge on any atom is -0.396 e. The molecule has 0 aliphatic carbocycles. The Labute approximate surface area is 93.1 Å². The fraction of sp³-hybridized carbons (Fsp3) is 0.364. The molecule has 2 rings (SSSR count). The molecule has 1 aliphatic rings. The number of anilines is 1. The highest BCUT2D eigenvalue weighted by Gasteiger charge is 2.21. The maximum absolute atomic E-state index is 11.4. The zero-order valence-electron chi connectivity index (χ0n) is 8.56. The fourth-order valence-electron chi connectivity index (χ4n) is 1.61. The lowest BCUT2D eigenvalue weighted by Crippen LogP contribution is -2.31. The number of nitrogens with zero attached hydrogens (tertiary/aromatic N) is 1. The third-order valence-electron chi connectivity index (χ3n) is 2.51. The summed E-state index contributed by atoms with van der Waals surface area (Å²) in [4.78, 5) is 14.2. The molecule has 80 valence electrons. The molecular weight excluding hydrogens is 210 g/mol. The Balaban J connectivity index is 2.34. The number of thioether (sulfide) groups is 1. The van der Waals surface area contributed by atoms with Gasteiger partial charge in [-0.1, -0.05) is 6.07 Å². The molecule has 0 fully saturated rings. The molecule has 0 spiro atoms. The van der Waals surface area contributed by atoms with Crippen molar-refractivity contribution >= 4 is 23.4 Å². The normalized spacial score (nSPS) is 15.3. The summed E-state index contributed by atoms with van der Waals surface area (Å²) in [6.45, 7) is 0.165. The summed E-state index contributed by atoms with van der Waals surface area (Å²) < 4.78 is 0. The van der Waals surface area contributed by atoms with E-state index < -0.39 is 0 Å². The quantitative estimate of drug-likeness (QED) is 0.821. The number of amides is 1. The van der Waals surface area contributed by atoms with E-state index in [1.54, 1.807) is 23.7 Å². The van der Waals surface area contributed by atoms with E-state index in [-0.39, 0.29) is 12.5 Å². The molecule has 1 amide bonds. The van der Waals surface area contributed by atoms with Gasteiger partial charge >= 0.3 is 0 Å². The van der Waals surface area contributed by atoms with Gasteiger partial charge in [-0.3, -0.25) is 4.79 Å². The number of carbonyl (C=O) groups excluding carboxylic acids is 1. The van der Waals surface area contributed by atoms with E-state index in [0.717, 1.165) is 16.1 Å². The maximum Gasteiger partial charge on any atom is 0.237 e. The molecule has 4 heteroatoms. The van der Waals surface area contributed by atoms with Gasteiger partial charge in [0.1, 0.15) is 0 Å². The SMILES string of the molecule is CN1C(=O)CSc2cc(CCO)ccc21. The second-order valence-electron chi connectivity index (χ2n) is 3.52. The van der Waals surface area contributed by atoms with Gasteiger partial charge in [0.15, 0.2) is 0 Å². The molecule has 1 heterocycles. The largest absolute Gasteiger partial charge is 0.396 e. The van der Waals surface area contributed by atoms with Gasteiger partial charge in [0.05, 0.1) is 11.4 Å². The van der Waals surface area contributed by atoms with Crippen molar-refractivity contribution in [2.75, 3.05) is 24.3 Å². The Kier molecular flexibility index (Phi) is 2.98. The first-order valence-electron chi connectivity index (χ1n) is 4.85. The van der Waals surface area contributed by atoms with Crippen molar-refractivity contribution in [3.05, 3.63) is 23.8 Å². The molecule has 1 N–H and O–H groups in total. The first-order chi connectivity index (χ1) is 7.22. The highest BCUT2D eigenvalue weighted by Crippen LogP contribution is 2.35. The van der Waals surface area contributed by atoms with Crippen LogP contribution in [-0.2, 0) is 11.2 Å². The van der Waals surface area contributed by atoms with Crippen molar-refractivity contribution < 1.29 is 9.90 Å². The second-order valence-corrected chi connectivity index (χ2v) is 4.53. The zero-order valence-corrected chi connectivity index (χ0v) is 9.38. The first kappa shape index (κ1) is 10.5. The van der Waals surface area contributed by atoms with Gasteiger partial charge < -0.3 is 10.0 Å². The van der Waals surface area contributed by atoms with Crippen LogP contribution in [0.5, 0.6) is 0 Å². The van der Waals surface area contributed by atoms with Crippen molar-refractivity contribution in [2.45, 2.75) is 11.3 Å². The molecule has 0 saturated heterocycles. The summed E-state index contributed by atoms with van der Waals surface area (Å²) in [6.07, 6.45) is 0.672. The van der Waals surface area contributed by atoms with Gasteiger partial charge in [-0.05, 0) is 24.1 Å². The van der Waals surface area contributed by atoms with Gasteiger partial charge in [-0.15, -0.1) is 11.8 Å². The maximum atomic E-state index is 11.4. The topological polar surface area (TPSA) is 40.5 Å². The first-order valence-corrected chi connectivity index (χ1v) is 5.84. The monoisotopic (exact) mass is 223 g/mol. The van der Waals surface area contributed by atoms with Crippen molar-refractivity contribution in [1.29, 1.82) is 0 Å². The van der Waals surface area contributed by atoms with Crippen LogP contribution in [0.15, 0.2) is 23.1 Å². The van der Waals surface area contributed by atoms with E-state index in [1.165, 1.54) is 0 Å². The average Bonchev–Trinajstić information content (AvgIpc) is 2.24. The molecule has 0 saturated carbocycles. The van der Waals surface area contributed by atoms with Crippen molar-refractivity contribution in [3.63, 3.8) is 0 Å². The summed E-state index contributed by atoms with van der Waals surface area (Å²) in [7, 11) is 1.80. The Morgan fingerprint density at radius 3 is 3.07 bits per heavy atom. The summed E-state index contributed by atoms with van der Waals surface area (Å²) in [6, 6.07) is 5.97. The smallest absolute Gasteiger partial charge is 0.237 e. The predicted molar refractivity (Wildman–Crippen MR) is 61.4 cm³/mol. The van der Waals surface area contributed by atoms with Gasteiger partial charge in [0, 0.05) is 18.6 Å². The lowest BCUT2D eigenvalue weighted by Gasteiger charge is -2.25. The van der Waals surface area contributed by atoms with Crippen LogP contribution in [0.1, 0.15) is 5.56 Å². The number of carbonyl (C=O) groups is 1. The van der Waals surface area contributed by atoms with E-state index in [9.17, 15) is 4.79 Å². The summed E-state index contributed by atoms with van der Waals surface area (Å²) in [5.41, 5.74) is 2.09. The molecule has 3 nitrogen and oxygen atoms in total. The molecule has 0 atom stereocenters. The molecule has 1 aliphatic heterocycles. The number of fused-ring (bicyclic) bond motifs is 1. The van der Waals surface area contributed by atoms with Crippen LogP contribution in [0.2, 0.25) is 0 Å². The van der Waals surface area contributed by atoms with Gasteiger partial charge in [-0.2, -0.15) is 0 Å². The van der Waals surface area contributed by atoms with E-state index in [4.69, 9.17) is 5.11 Å². The van der Waals surface area contributed by atoms with E-state index in [1.807, 2.05) is 12.1 Å². The number of aliphatic hydroxyl groups excluding tert-OH is 1. The highest BCUT2D eigenvalue weighted by atomic mass is 32.2. The molecule has 1 aromatic rings. The van der Waals surface area contributed by atoms with Crippen LogP contribution < -0.4 is 4.90 Å². The molecular formula is C11H13NO2S. The third-order valence-corrected chi connectivity index (χ3v) is 3.54. The third kappa shape index (κ3) is 2.01. The number of hydrogen-bond acceptors (Lipinski definition) is 3. The number of hydrogen-bond donors (Lipinski definition) is 1. The molecule has 0 aromatic heterocycles. The Morgan fingerprint density at radius 2 is 2.33 bits per heavy atom. The summed E-state index contributed by atoms with van der Waals surface area (Å²) >= 11 is 1.57. The van der Waals surface area contributed by atoms with Gasteiger partial charge in [-0.25, -0.2) is 0 Å². The second kappa shape index (κ2) is 4.24. The Hall–Kier alpha value is -1.00. The lowest BCUT2D eigenvalue weighted by molar-refractivity contribution is -0.116. The summed E-state index contributed by atoms with van der Waals surface area (Å²) in [5, 5.41) is 8.85. The van der Waals surface area contributed by atoms with Crippen LogP contribution in [0.25, 0.3) is 0 Å². The molecule has 0 unspecified atom stereocenters. The highest BCUT2D eigenvalue weighted by molar-refractivity contribution is 8.00. The fourth-order valence-corrected chi connectivity index (χ4v) is 2.67. The number of aliphatic hydroxyl groups is 1. The molecule has 1 aromatic carbocycles. The van der Waals surface area contributed by atoms with Crippen LogP contribution in [0, 0.1) is 0 Å². The van der Waals surface area contributed by atoms with Crippen LogP contribution in [-0.4, -0.2) is 30.4 Å². The summed E-state index contributed by atoms with van der Waals surface area (Å²) in [5.74, 6) is 0.647. The molecule has 0 radical (unpaired) electrons. The van der Waals surface area contributed by atoms with E-state index >= 15 is 0 Å². The lowest BCUT2D eigenvalue weighted by atomic mass is 10.1. The molecule has 0 bridgehead atoms. The van der Waals surface area contributed by atoms with Crippen molar-refractivity contribution in [2.24, 2.45) is 0 Å². The number of benzene rings is 1. The zero-order chi connectivity index (χ0) is 10.8. The Bertz CT molecular complexity index is 392. The minimum atomic E-state index is 0.141. The number of rotatable bonds is 2. The van der Waals surface area contributed by atoms with Crippen LogP contribution in [0.3, 0.4) is 0 Å². The molecule has 15 heavy (non-hydrogen) atoms. The van der Waals surface area contributed by atoms with E-state index in [2.05, 4.69) is 6.07 Å². The van der Waals surface area contributed by atoms with Crippen LogP contribution >= 0.6 is 11.8 Å². The van der Waals surface area contributed by atoms with Crippen LogP contribution in [0.4, 0.5) is 5.69 Å². The van der Waals surface area contributed by atoms with E-state index in [0.29, 0.717) is 12.2 Å². The Morgan fingerprint density at radius 1 is 1.53 bits per heavy atom. The van der Waals surface area contributed by atoms with Crippen molar-refractivity contribution in [3.8, 4) is 0 Å². The average molecular weight is 223 g/mol. The minimum absolute atomic E-state index is 0.141. The standard InChI is InChI=1S/C11H13NO2S/c1-12-9-3-2-8(4-5-13)6-10(9)15-7-11(12)14/h2-3,6,13H,4-5,7H2,1H3. The van der Waals surface area contributed by atoms with Crippen molar-refractivity contribution in [1.82, 2.24) is 0 Å².